The lowest BCUT2D eigenvalue weighted by Gasteiger charge is -2.28. The number of anilines is 1. The second-order valence-electron chi connectivity index (χ2n) is 4.83. The molecule has 0 fully saturated rings. The van der Waals surface area contributed by atoms with E-state index < -0.39 is 12.0 Å². The molecule has 1 aliphatic rings. The van der Waals surface area contributed by atoms with Gasteiger partial charge in [0.15, 0.2) is 0 Å². The summed E-state index contributed by atoms with van der Waals surface area (Å²) in [6.45, 7) is 1.81. The van der Waals surface area contributed by atoms with Crippen molar-refractivity contribution in [3.63, 3.8) is 0 Å². The molecule has 1 atom stereocenters. The van der Waals surface area contributed by atoms with E-state index in [-0.39, 0.29) is 0 Å². The second kappa shape index (κ2) is 5.51. The number of carbonyl (C=O) groups is 1. The summed E-state index contributed by atoms with van der Waals surface area (Å²) < 4.78 is 12.0. The number of rotatable bonds is 3. The summed E-state index contributed by atoms with van der Waals surface area (Å²) in [6.07, 6.45) is 1.44. The van der Waals surface area contributed by atoms with Crippen molar-refractivity contribution < 1.29 is 14.3 Å². The zero-order valence-corrected chi connectivity index (χ0v) is 12.5. The number of ether oxygens (including phenoxy) is 2. The topological polar surface area (TPSA) is 78.3 Å². The Morgan fingerprint density at radius 1 is 1.32 bits per heavy atom. The van der Waals surface area contributed by atoms with Crippen LogP contribution in [0.25, 0.3) is 0 Å². The van der Waals surface area contributed by atoms with E-state index in [2.05, 4.69) is 15.4 Å². The summed E-state index contributed by atoms with van der Waals surface area (Å²) in [5.41, 5.74) is 1.98. The van der Waals surface area contributed by atoms with Crippen LogP contribution in [0.15, 0.2) is 41.9 Å². The standard InChI is InChI=1S/C15H16N4O3/c1-9-12(14(20)22-3)13(19-15(18-9)16-8-17-19)10-6-4-5-7-11(10)21-2/h4-8,13H,1-3H3,(H,16,17,18). The molecule has 7 heteroatoms. The van der Waals surface area contributed by atoms with E-state index in [4.69, 9.17) is 9.47 Å². The summed E-state index contributed by atoms with van der Waals surface area (Å²) in [5, 5.41) is 7.31. The van der Waals surface area contributed by atoms with Crippen LogP contribution in [0, 0.1) is 0 Å². The third kappa shape index (κ3) is 2.11. The van der Waals surface area contributed by atoms with E-state index in [1.54, 1.807) is 11.8 Å². The maximum absolute atomic E-state index is 12.3. The van der Waals surface area contributed by atoms with E-state index in [1.807, 2.05) is 31.2 Å². The lowest BCUT2D eigenvalue weighted by molar-refractivity contribution is -0.136. The molecule has 3 rings (SSSR count). The number of para-hydroxylation sites is 1. The van der Waals surface area contributed by atoms with Crippen molar-refractivity contribution in [3.8, 4) is 5.75 Å². The van der Waals surface area contributed by atoms with Crippen molar-refractivity contribution in [3.05, 3.63) is 47.4 Å². The molecule has 1 aromatic heterocycles. The first-order chi connectivity index (χ1) is 10.7. The van der Waals surface area contributed by atoms with Crippen molar-refractivity contribution in [1.29, 1.82) is 0 Å². The predicted molar refractivity (Wildman–Crippen MR) is 79.5 cm³/mol. The van der Waals surface area contributed by atoms with Gasteiger partial charge < -0.3 is 14.8 Å². The molecule has 0 amide bonds. The zero-order chi connectivity index (χ0) is 15.7. The number of nitrogens with one attached hydrogen (secondary N) is 1. The number of carbonyl (C=O) groups excluding carboxylic acids is 1. The lowest BCUT2D eigenvalue weighted by Crippen LogP contribution is -2.29. The van der Waals surface area contributed by atoms with Gasteiger partial charge in [-0.15, -0.1) is 0 Å². The summed E-state index contributed by atoms with van der Waals surface area (Å²) >= 11 is 0. The fourth-order valence-electron chi connectivity index (χ4n) is 2.65. The highest BCUT2D eigenvalue weighted by atomic mass is 16.5. The number of allylic oxidation sites excluding steroid dienone is 1. The van der Waals surface area contributed by atoms with Gasteiger partial charge in [0.25, 0.3) is 0 Å². The normalized spacial score (nSPS) is 16.8. The van der Waals surface area contributed by atoms with Crippen LogP contribution in [0.1, 0.15) is 18.5 Å². The highest BCUT2D eigenvalue weighted by molar-refractivity contribution is 5.92. The number of nitrogens with zero attached hydrogens (tertiary/aromatic N) is 3. The Hall–Kier alpha value is -2.83. The van der Waals surface area contributed by atoms with Gasteiger partial charge in [-0.3, -0.25) is 0 Å². The van der Waals surface area contributed by atoms with E-state index in [1.165, 1.54) is 13.4 Å². The maximum atomic E-state index is 12.3. The summed E-state index contributed by atoms with van der Waals surface area (Å²) in [7, 11) is 2.95. The number of esters is 1. The summed E-state index contributed by atoms with van der Waals surface area (Å²) in [5.74, 6) is 0.827. The second-order valence-corrected chi connectivity index (χ2v) is 4.83. The summed E-state index contributed by atoms with van der Waals surface area (Å²) in [6, 6.07) is 7.05. The number of fused-ring (bicyclic) bond motifs is 1. The maximum Gasteiger partial charge on any atom is 0.338 e. The minimum Gasteiger partial charge on any atom is -0.496 e. The van der Waals surface area contributed by atoms with Gasteiger partial charge in [-0.1, -0.05) is 18.2 Å². The molecule has 1 aromatic carbocycles. The Balaban J connectivity index is 2.23. The summed E-state index contributed by atoms with van der Waals surface area (Å²) in [4.78, 5) is 16.4. The van der Waals surface area contributed by atoms with Gasteiger partial charge in [-0.05, 0) is 13.0 Å². The van der Waals surface area contributed by atoms with Gasteiger partial charge in [0, 0.05) is 11.3 Å². The van der Waals surface area contributed by atoms with E-state index >= 15 is 0 Å². The third-order valence-electron chi connectivity index (χ3n) is 3.63. The van der Waals surface area contributed by atoms with Crippen molar-refractivity contribution in [2.75, 3.05) is 19.5 Å². The van der Waals surface area contributed by atoms with Crippen LogP contribution in [0.2, 0.25) is 0 Å². The van der Waals surface area contributed by atoms with E-state index in [0.29, 0.717) is 23.0 Å². The average molecular weight is 300 g/mol. The molecule has 114 valence electrons. The van der Waals surface area contributed by atoms with Gasteiger partial charge in [0.2, 0.25) is 5.95 Å². The average Bonchev–Trinajstić information content (AvgIpc) is 3.00. The van der Waals surface area contributed by atoms with Crippen LogP contribution in [0.4, 0.5) is 5.95 Å². The molecule has 0 saturated carbocycles. The zero-order valence-electron chi connectivity index (χ0n) is 12.5. The smallest absolute Gasteiger partial charge is 0.338 e. The molecule has 0 saturated heterocycles. The quantitative estimate of drug-likeness (QED) is 0.870. The van der Waals surface area contributed by atoms with Gasteiger partial charge in [0.1, 0.15) is 18.1 Å². The van der Waals surface area contributed by atoms with Gasteiger partial charge >= 0.3 is 5.97 Å². The van der Waals surface area contributed by atoms with Crippen LogP contribution >= 0.6 is 0 Å². The Kier molecular flexibility index (Phi) is 3.54. The van der Waals surface area contributed by atoms with E-state index in [9.17, 15) is 4.79 Å². The Labute approximate surface area is 127 Å². The minimum absolute atomic E-state index is 0.415. The largest absolute Gasteiger partial charge is 0.496 e. The Morgan fingerprint density at radius 2 is 2.09 bits per heavy atom. The first kappa shape index (κ1) is 14.1. The molecular weight excluding hydrogens is 284 g/mol. The van der Waals surface area contributed by atoms with Crippen molar-refractivity contribution in [2.45, 2.75) is 13.0 Å². The highest BCUT2D eigenvalue weighted by Crippen LogP contribution is 2.38. The van der Waals surface area contributed by atoms with E-state index in [0.717, 1.165) is 5.56 Å². The Morgan fingerprint density at radius 3 is 2.82 bits per heavy atom. The van der Waals surface area contributed by atoms with Gasteiger partial charge in [-0.25, -0.2) is 9.48 Å². The predicted octanol–water partition coefficient (Wildman–Crippen LogP) is 1.75. The number of hydrogen-bond acceptors (Lipinski definition) is 6. The highest BCUT2D eigenvalue weighted by Gasteiger charge is 2.35. The molecule has 0 aliphatic carbocycles. The molecule has 1 aliphatic heterocycles. The van der Waals surface area contributed by atoms with Crippen LogP contribution in [-0.4, -0.2) is 35.0 Å². The molecule has 0 spiro atoms. The van der Waals surface area contributed by atoms with Crippen LogP contribution in [-0.2, 0) is 9.53 Å². The van der Waals surface area contributed by atoms with Crippen LogP contribution in [0.5, 0.6) is 5.75 Å². The SMILES string of the molecule is COC(=O)C1=C(C)Nc2ncnn2C1c1ccccc1OC. The van der Waals surface area contributed by atoms with Crippen molar-refractivity contribution in [2.24, 2.45) is 0 Å². The number of hydrogen-bond donors (Lipinski definition) is 1. The van der Waals surface area contributed by atoms with Crippen molar-refractivity contribution >= 4 is 11.9 Å². The molecule has 22 heavy (non-hydrogen) atoms. The van der Waals surface area contributed by atoms with Crippen molar-refractivity contribution in [1.82, 2.24) is 14.8 Å². The fourth-order valence-corrected chi connectivity index (χ4v) is 2.65. The fraction of sp³-hybridized carbons (Fsp3) is 0.267. The first-order valence-corrected chi connectivity index (χ1v) is 6.76. The third-order valence-corrected chi connectivity index (χ3v) is 3.63. The number of aromatic nitrogens is 3. The first-order valence-electron chi connectivity index (χ1n) is 6.76. The number of benzene rings is 1. The molecule has 0 bridgehead atoms. The van der Waals surface area contributed by atoms with Crippen LogP contribution < -0.4 is 10.1 Å². The molecular formula is C15H16N4O3. The Bertz CT molecular complexity index is 751. The molecule has 0 radical (unpaired) electrons. The molecule has 2 aromatic rings. The minimum atomic E-state index is -0.456. The molecule has 7 nitrogen and oxygen atoms in total. The van der Waals surface area contributed by atoms with Crippen LogP contribution in [0.3, 0.4) is 0 Å². The van der Waals surface area contributed by atoms with Gasteiger partial charge in [-0.2, -0.15) is 10.1 Å². The van der Waals surface area contributed by atoms with Gasteiger partial charge in [0.05, 0.1) is 19.8 Å². The molecule has 2 heterocycles. The molecule has 1 unspecified atom stereocenters. The monoisotopic (exact) mass is 300 g/mol. The molecule has 1 N–H and O–H groups in total. The number of methoxy groups -OCH3 is 2. The lowest BCUT2D eigenvalue weighted by atomic mass is 9.95.